The molecule has 2 unspecified atom stereocenters. The van der Waals surface area contributed by atoms with Crippen LogP contribution in [-0.4, -0.2) is 54.5 Å². The van der Waals surface area contributed by atoms with E-state index in [4.69, 9.17) is 0 Å². The molecule has 0 bridgehead atoms. The van der Waals surface area contributed by atoms with Crippen molar-refractivity contribution in [3.63, 3.8) is 0 Å². The van der Waals surface area contributed by atoms with Gasteiger partial charge < -0.3 is 9.80 Å². The predicted molar refractivity (Wildman–Crippen MR) is 118 cm³/mol. The molecule has 8 heteroatoms. The number of amides is 2. The third kappa shape index (κ3) is 3.36. The van der Waals surface area contributed by atoms with Crippen LogP contribution in [0, 0.1) is 18.8 Å². The molecule has 2 atom stereocenters. The van der Waals surface area contributed by atoms with Gasteiger partial charge in [-0.3, -0.25) is 24.5 Å². The Balaban J connectivity index is 1.37. The minimum absolute atomic E-state index is 0.145. The molecule has 2 saturated heterocycles. The van der Waals surface area contributed by atoms with Crippen molar-refractivity contribution in [2.75, 3.05) is 36.0 Å². The highest BCUT2D eigenvalue weighted by atomic mass is 16.2. The van der Waals surface area contributed by atoms with E-state index in [9.17, 15) is 19.2 Å². The van der Waals surface area contributed by atoms with Gasteiger partial charge in [0.05, 0.1) is 17.4 Å². The first kappa shape index (κ1) is 20.4. The molecule has 2 aromatic rings. The lowest BCUT2D eigenvalue weighted by molar-refractivity contribution is -0.137. The van der Waals surface area contributed by atoms with E-state index in [0.29, 0.717) is 24.2 Å². The molecule has 2 amide bonds. The Morgan fingerprint density at radius 3 is 2.38 bits per heavy atom. The fourth-order valence-corrected chi connectivity index (χ4v) is 4.93. The fraction of sp³-hybridized carbons (Fsp3) is 0.375. The van der Waals surface area contributed by atoms with Crippen molar-refractivity contribution in [1.82, 2.24) is 10.3 Å². The number of nitrogens with one attached hydrogen (secondary N) is 1. The fourth-order valence-electron chi connectivity index (χ4n) is 4.93. The monoisotopic (exact) mass is 432 g/mol. The minimum atomic E-state index is -1.04. The van der Waals surface area contributed by atoms with E-state index in [0.717, 1.165) is 30.2 Å². The lowest BCUT2D eigenvalue weighted by Crippen LogP contribution is -2.47. The number of piperazine rings is 1. The number of benzene rings is 1. The summed E-state index contributed by atoms with van der Waals surface area (Å²) in [5, 5.41) is 2.27. The van der Waals surface area contributed by atoms with Crippen molar-refractivity contribution in [3.8, 4) is 0 Å². The van der Waals surface area contributed by atoms with Crippen LogP contribution in [0.4, 0.5) is 11.5 Å². The summed E-state index contributed by atoms with van der Waals surface area (Å²) in [7, 11) is 0. The van der Waals surface area contributed by atoms with E-state index in [1.165, 1.54) is 0 Å². The zero-order chi connectivity index (χ0) is 22.4. The Kier molecular flexibility index (Phi) is 5.00. The molecule has 2 aliphatic heterocycles. The van der Waals surface area contributed by atoms with E-state index >= 15 is 0 Å². The second-order valence-electron chi connectivity index (χ2n) is 8.63. The summed E-state index contributed by atoms with van der Waals surface area (Å²) >= 11 is 0. The zero-order valence-corrected chi connectivity index (χ0v) is 17.8. The van der Waals surface area contributed by atoms with Crippen molar-refractivity contribution < 1.29 is 19.2 Å². The van der Waals surface area contributed by atoms with Gasteiger partial charge in [-0.05, 0) is 31.0 Å². The molecule has 3 aliphatic rings. The van der Waals surface area contributed by atoms with Crippen molar-refractivity contribution in [3.05, 3.63) is 53.2 Å². The highest BCUT2D eigenvalue weighted by molar-refractivity contribution is 6.30. The SMILES string of the molecule is Cc1ccc(N2CCN(c3cccc4c3C(=O)C(C3CCC(=O)NC3=O)C4=O)CC2)nc1. The second kappa shape index (κ2) is 7.85. The Morgan fingerprint density at radius 2 is 1.69 bits per heavy atom. The number of anilines is 2. The number of nitrogens with zero attached hydrogens (tertiary/aromatic N) is 3. The van der Waals surface area contributed by atoms with Gasteiger partial charge in [-0.1, -0.05) is 18.2 Å². The van der Waals surface area contributed by atoms with Crippen LogP contribution in [0.15, 0.2) is 36.5 Å². The number of rotatable bonds is 3. The lowest BCUT2D eigenvalue weighted by atomic mass is 9.82. The summed E-state index contributed by atoms with van der Waals surface area (Å²) in [5.74, 6) is -2.42. The van der Waals surface area contributed by atoms with E-state index in [1.807, 2.05) is 31.3 Å². The van der Waals surface area contributed by atoms with Gasteiger partial charge in [0.1, 0.15) is 5.82 Å². The Labute approximate surface area is 185 Å². The number of carbonyl (C=O) groups is 4. The van der Waals surface area contributed by atoms with Gasteiger partial charge in [0.25, 0.3) is 0 Å². The van der Waals surface area contributed by atoms with Crippen LogP contribution >= 0.6 is 0 Å². The van der Waals surface area contributed by atoms with Crippen LogP contribution < -0.4 is 15.1 Å². The Hall–Kier alpha value is -3.55. The van der Waals surface area contributed by atoms with Crippen molar-refractivity contribution in [2.24, 2.45) is 11.8 Å². The molecule has 0 radical (unpaired) electrons. The number of hydrogen-bond acceptors (Lipinski definition) is 7. The van der Waals surface area contributed by atoms with Gasteiger partial charge in [0, 0.05) is 50.0 Å². The van der Waals surface area contributed by atoms with Crippen LogP contribution in [0.2, 0.25) is 0 Å². The maximum Gasteiger partial charge on any atom is 0.230 e. The van der Waals surface area contributed by atoms with Crippen LogP contribution in [0.1, 0.15) is 39.1 Å². The molecule has 3 heterocycles. The topological polar surface area (TPSA) is 99.7 Å². The molecule has 32 heavy (non-hydrogen) atoms. The van der Waals surface area contributed by atoms with Gasteiger partial charge in [0.2, 0.25) is 11.8 Å². The smallest absolute Gasteiger partial charge is 0.230 e. The number of imide groups is 1. The normalized spacial score (nSPS) is 23.4. The highest BCUT2D eigenvalue weighted by Crippen LogP contribution is 2.39. The number of Topliss-reactive ketones (excluding diaryl/α,β-unsaturated/α-hetero) is 2. The first-order valence-corrected chi connectivity index (χ1v) is 10.9. The van der Waals surface area contributed by atoms with Gasteiger partial charge in [-0.2, -0.15) is 0 Å². The predicted octanol–water partition coefficient (Wildman–Crippen LogP) is 1.76. The number of ketones is 2. The summed E-state index contributed by atoms with van der Waals surface area (Å²) in [6.07, 6.45) is 2.22. The quantitative estimate of drug-likeness (QED) is 0.583. The maximum absolute atomic E-state index is 13.4. The van der Waals surface area contributed by atoms with Gasteiger partial charge >= 0.3 is 0 Å². The molecule has 1 N–H and O–H groups in total. The summed E-state index contributed by atoms with van der Waals surface area (Å²) in [6.45, 7) is 4.88. The van der Waals surface area contributed by atoms with E-state index in [-0.39, 0.29) is 30.3 Å². The number of aryl methyl sites for hydroxylation is 1. The van der Waals surface area contributed by atoms with Crippen LogP contribution in [0.25, 0.3) is 0 Å². The summed E-state index contributed by atoms with van der Waals surface area (Å²) < 4.78 is 0. The van der Waals surface area contributed by atoms with Gasteiger partial charge in [-0.15, -0.1) is 0 Å². The molecule has 0 spiro atoms. The lowest BCUT2D eigenvalue weighted by Gasteiger charge is -2.37. The minimum Gasteiger partial charge on any atom is -0.367 e. The maximum atomic E-state index is 13.4. The second-order valence-corrected chi connectivity index (χ2v) is 8.63. The summed E-state index contributed by atoms with van der Waals surface area (Å²) in [6, 6.07) is 9.38. The molecule has 1 aromatic heterocycles. The summed E-state index contributed by atoms with van der Waals surface area (Å²) in [5.41, 5.74) is 2.65. The highest BCUT2D eigenvalue weighted by Gasteiger charge is 2.48. The number of piperidine rings is 1. The van der Waals surface area contributed by atoms with Crippen LogP contribution in [-0.2, 0) is 9.59 Å². The molecule has 8 nitrogen and oxygen atoms in total. The molecule has 0 saturated carbocycles. The third-order valence-corrected chi connectivity index (χ3v) is 6.64. The molecule has 1 aliphatic carbocycles. The molecule has 5 rings (SSSR count). The van der Waals surface area contributed by atoms with E-state index < -0.39 is 17.7 Å². The number of hydrogen-bond donors (Lipinski definition) is 1. The number of fused-ring (bicyclic) bond motifs is 1. The largest absolute Gasteiger partial charge is 0.367 e. The average molecular weight is 432 g/mol. The first-order valence-electron chi connectivity index (χ1n) is 10.9. The van der Waals surface area contributed by atoms with Crippen LogP contribution in [0.5, 0.6) is 0 Å². The Morgan fingerprint density at radius 1 is 0.938 bits per heavy atom. The van der Waals surface area contributed by atoms with Gasteiger partial charge in [0.15, 0.2) is 11.6 Å². The number of aromatic nitrogens is 1. The van der Waals surface area contributed by atoms with Crippen LogP contribution in [0.3, 0.4) is 0 Å². The van der Waals surface area contributed by atoms with Crippen molar-refractivity contribution in [1.29, 1.82) is 0 Å². The molecular formula is C24H24N4O4. The standard InChI is InChI=1S/C24H24N4O4/c1-14-5-7-18(25-13-14)28-11-9-27(10-12-28)17-4-2-3-15-20(17)23(31)21(22(15)30)16-6-8-19(29)26-24(16)32/h2-5,7,13,16,21H,6,8-12H2,1H3,(H,26,29,32). The third-order valence-electron chi connectivity index (χ3n) is 6.64. The van der Waals surface area contributed by atoms with E-state index in [1.54, 1.807) is 12.1 Å². The first-order chi connectivity index (χ1) is 15.4. The van der Waals surface area contributed by atoms with E-state index in [2.05, 4.69) is 20.1 Å². The van der Waals surface area contributed by atoms with Gasteiger partial charge in [-0.25, -0.2) is 4.98 Å². The zero-order valence-electron chi connectivity index (χ0n) is 17.8. The Bertz CT molecular complexity index is 1120. The average Bonchev–Trinajstić information content (AvgIpc) is 3.05. The summed E-state index contributed by atoms with van der Waals surface area (Å²) in [4.78, 5) is 59.2. The molecule has 164 valence electrons. The molecule has 1 aromatic carbocycles. The van der Waals surface area contributed by atoms with Crippen molar-refractivity contribution >= 4 is 34.9 Å². The molecule has 2 fully saturated rings. The number of pyridine rings is 1. The van der Waals surface area contributed by atoms with Crippen molar-refractivity contribution in [2.45, 2.75) is 19.8 Å². The molecular weight excluding hydrogens is 408 g/mol. The number of carbonyl (C=O) groups excluding carboxylic acids is 4.